The first-order valence-electron chi connectivity index (χ1n) is 9.95. The van der Waals surface area contributed by atoms with Crippen molar-refractivity contribution in [2.24, 2.45) is 4.99 Å². The number of carbonyl (C=O) groups excluding carboxylic acids is 1. The van der Waals surface area contributed by atoms with Gasteiger partial charge in [0.25, 0.3) is 5.91 Å². The first-order chi connectivity index (χ1) is 15.5. The zero-order valence-corrected chi connectivity index (χ0v) is 19.8. The van der Waals surface area contributed by atoms with E-state index in [1.807, 2.05) is 60.7 Å². The van der Waals surface area contributed by atoms with Gasteiger partial charge in [-0.15, -0.1) is 0 Å². The molecule has 3 aromatic rings. The smallest absolute Gasteiger partial charge is 0.267 e. The molecule has 4 rings (SSSR count). The van der Waals surface area contributed by atoms with Crippen molar-refractivity contribution in [1.82, 2.24) is 4.90 Å². The molecule has 3 aromatic carbocycles. The summed E-state index contributed by atoms with van der Waals surface area (Å²) in [6.07, 6.45) is 1.79. The van der Waals surface area contributed by atoms with Gasteiger partial charge in [0.05, 0.1) is 29.6 Å². The van der Waals surface area contributed by atoms with Crippen LogP contribution in [-0.2, 0) is 17.9 Å². The molecule has 0 radical (unpaired) electrons. The maximum Gasteiger partial charge on any atom is 0.267 e. The minimum absolute atomic E-state index is 0.0240. The molecular formula is C25H21BrN2O3S. The van der Waals surface area contributed by atoms with Crippen LogP contribution in [0.4, 0.5) is 0 Å². The van der Waals surface area contributed by atoms with E-state index in [0.717, 1.165) is 16.7 Å². The molecule has 0 bridgehead atoms. The average molecular weight is 509 g/mol. The van der Waals surface area contributed by atoms with Crippen LogP contribution in [0.3, 0.4) is 0 Å². The number of carbonyl (C=O) groups is 1. The summed E-state index contributed by atoms with van der Waals surface area (Å²) >= 11 is 4.69. The van der Waals surface area contributed by atoms with Gasteiger partial charge in [0, 0.05) is 0 Å². The van der Waals surface area contributed by atoms with E-state index in [2.05, 4.69) is 15.9 Å². The number of amides is 1. The van der Waals surface area contributed by atoms with Crippen molar-refractivity contribution in [3.05, 3.63) is 98.9 Å². The fraction of sp³-hybridized carbons (Fsp3) is 0.120. The molecule has 1 aliphatic rings. The fourth-order valence-electron chi connectivity index (χ4n) is 3.26. The van der Waals surface area contributed by atoms with Crippen molar-refractivity contribution >= 4 is 44.8 Å². The van der Waals surface area contributed by atoms with Crippen LogP contribution in [0.2, 0.25) is 0 Å². The summed E-state index contributed by atoms with van der Waals surface area (Å²) < 4.78 is 5.73. The third-order valence-corrected chi connectivity index (χ3v) is 6.53. The van der Waals surface area contributed by atoms with E-state index in [0.29, 0.717) is 33.4 Å². The Labute approximate surface area is 199 Å². The van der Waals surface area contributed by atoms with Crippen LogP contribution in [0.5, 0.6) is 11.5 Å². The maximum atomic E-state index is 13.3. The minimum Gasteiger partial charge on any atom is -0.503 e. The van der Waals surface area contributed by atoms with Crippen LogP contribution < -0.4 is 4.74 Å². The van der Waals surface area contributed by atoms with Gasteiger partial charge in [-0.1, -0.05) is 60.7 Å². The molecule has 32 heavy (non-hydrogen) atoms. The van der Waals surface area contributed by atoms with E-state index in [9.17, 15) is 9.90 Å². The second-order valence-corrected chi connectivity index (χ2v) is 8.99. The first kappa shape index (κ1) is 22.2. The third kappa shape index (κ3) is 5.06. The standard InChI is InChI=1S/C25H21BrN2O3S/c1-31-21-13-19(12-20(26)23(21)29)14-22-24(30)28(16-18-10-6-3-7-11-18)25(32-22)27-15-17-8-4-2-5-9-17/h2-14,29H,15-16H2,1H3/b22-14-,27-25?. The van der Waals surface area contributed by atoms with E-state index in [1.54, 1.807) is 23.1 Å². The van der Waals surface area contributed by atoms with Crippen LogP contribution in [0.25, 0.3) is 6.08 Å². The summed E-state index contributed by atoms with van der Waals surface area (Å²) in [5.41, 5.74) is 2.85. The molecule has 5 nitrogen and oxygen atoms in total. The number of aromatic hydroxyl groups is 1. The Balaban J connectivity index is 1.67. The molecule has 1 heterocycles. The lowest BCUT2D eigenvalue weighted by Crippen LogP contribution is -2.28. The van der Waals surface area contributed by atoms with Crippen molar-refractivity contribution < 1.29 is 14.6 Å². The van der Waals surface area contributed by atoms with Crippen LogP contribution >= 0.6 is 27.7 Å². The third-order valence-electron chi connectivity index (χ3n) is 4.88. The summed E-state index contributed by atoms with van der Waals surface area (Å²) in [5.74, 6) is 0.255. The van der Waals surface area contributed by atoms with Gasteiger partial charge in [0.15, 0.2) is 16.7 Å². The molecule has 1 aliphatic heterocycles. The zero-order chi connectivity index (χ0) is 22.5. The second kappa shape index (κ2) is 10.1. The number of rotatable bonds is 6. The Morgan fingerprint density at radius 2 is 1.72 bits per heavy atom. The number of hydrogen-bond donors (Lipinski definition) is 1. The topological polar surface area (TPSA) is 62.1 Å². The normalized spacial score (nSPS) is 16.2. The highest BCUT2D eigenvalue weighted by Crippen LogP contribution is 2.38. The monoisotopic (exact) mass is 508 g/mol. The number of nitrogens with zero attached hydrogens (tertiary/aromatic N) is 2. The highest BCUT2D eigenvalue weighted by molar-refractivity contribution is 9.10. The van der Waals surface area contributed by atoms with Crippen molar-refractivity contribution in [2.75, 3.05) is 7.11 Å². The SMILES string of the molecule is COc1cc(/C=C2\SC(=NCc3ccccc3)N(Cc3ccccc3)C2=O)cc(Br)c1O. The molecule has 1 saturated heterocycles. The molecule has 0 aliphatic carbocycles. The van der Waals surface area contributed by atoms with Crippen molar-refractivity contribution in [1.29, 1.82) is 0 Å². The molecular weight excluding hydrogens is 488 g/mol. The Hall–Kier alpha value is -3.03. The lowest BCUT2D eigenvalue weighted by Gasteiger charge is -2.15. The molecule has 0 saturated carbocycles. The number of halogens is 1. The molecule has 162 valence electrons. The molecule has 0 unspecified atom stereocenters. The molecule has 0 atom stereocenters. The van der Waals surface area contributed by atoms with Crippen LogP contribution in [-0.4, -0.2) is 28.2 Å². The summed E-state index contributed by atoms with van der Waals surface area (Å²) in [6.45, 7) is 0.938. The molecule has 1 N–H and O–H groups in total. The van der Waals surface area contributed by atoms with Gasteiger partial charge >= 0.3 is 0 Å². The number of thioether (sulfide) groups is 1. The summed E-state index contributed by atoms with van der Waals surface area (Å²) in [6, 6.07) is 23.3. The lowest BCUT2D eigenvalue weighted by molar-refractivity contribution is -0.122. The lowest BCUT2D eigenvalue weighted by atomic mass is 10.1. The molecule has 7 heteroatoms. The van der Waals surface area contributed by atoms with Gasteiger partial charge in [-0.2, -0.15) is 0 Å². The van der Waals surface area contributed by atoms with Gasteiger partial charge in [0.1, 0.15) is 0 Å². The van der Waals surface area contributed by atoms with Gasteiger partial charge in [-0.25, -0.2) is 0 Å². The van der Waals surface area contributed by atoms with Crippen molar-refractivity contribution in [2.45, 2.75) is 13.1 Å². The van der Waals surface area contributed by atoms with Crippen molar-refractivity contribution in [3.8, 4) is 11.5 Å². The predicted octanol–water partition coefficient (Wildman–Crippen LogP) is 5.84. The number of ether oxygens (including phenoxy) is 1. The summed E-state index contributed by atoms with van der Waals surface area (Å²) in [5, 5.41) is 10.7. The minimum atomic E-state index is -0.103. The average Bonchev–Trinajstić information content (AvgIpc) is 3.10. The Morgan fingerprint density at radius 1 is 1.06 bits per heavy atom. The van der Waals surface area contributed by atoms with E-state index < -0.39 is 0 Å². The van der Waals surface area contributed by atoms with Crippen molar-refractivity contribution in [3.63, 3.8) is 0 Å². The molecule has 1 amide bonds. The quantitative estimate of drug-likeness (QED) is 0.425. The predicted molar refractivity (Wildman–Crippen MR) is 132 cm³/mol. The number of methoxy groups -OCH3 is 1. The highest BCUT2D eigenvalue weighted by Gasteiger charge is 2.33. The zero-order valence-electron chi connectivity index (χ0n) is 17.4. The maximum absolute atomic E-state index is 13.3. The molecule has 0 aromatic heterocycles. The van der Waals surface area contributed by atoms with Gasteiger partial charge in [-0.05, 0) is 62.6 Å². The second-order valence-electron chi connectivity index (χ2n) is 7.13. The number of hydrogen-bond acceptors (Lipinski definition) is 5. The van der Waals surface area contributed by atoms with Gasteiger partial charge in [-0.3, -0.25) is 14.7 Å². The number of phenols is 1. The van der Waals surface area contributed by atoms with Gasteiger partial charge in [0.2, 0.25) is 0 Å². The van der Waals surface area contributed by atoms with E-state index in [1.165, 1.54) is 18.9 Å². The number of phenolic OH excluding ortho intramolecular Hbond substituents is 1. The van der Waals surface area contributed by atoms with Crippen LogP contribution in [0.15, 0.2) is 87.2 Å². The molecule has 0 spiro atoms. The number of amidine groups is 1. The first-order valence-corrected chi connectivity index (χ1v) is 11.6. The van der Waals surface area contributed by atoms with Crippen LogP contribution in [0, 0.1) is 0 Å². The highest BCUT2D eigenvalue weighted by atomic mass is 79.9. The van der Waals surface area contributed by atoms with Crippen LogP contribution in [0.1, 0.15) is 16.7 Å². The van der Waals surface area contributed by atoms with E-state index in [4.69, 9.17) is 9.73 Å². The number of benzene rings is 3. The Morgan fingerprint density at radius 3 is 2.38 bits per heavy atom. The van der Waals surface area contributed by atoms with Gasteiger partial charge < -0.3 is 9.84 Å². The Bertz CT molecular complexity index is 1180. The van der Waals surface area contributed by atoms with E-state index in [-0.39, 0.29) is 11.7 Å². The molecule has 1 fully saturated rings. The van der Waals surface area contributed by atoms with E-state index >= 15 is 0 Å². The number of aliphatic imine (C=N–C) groups is 1. The summed E-state index contributed by atoms with van der Waals surface area (Å²) in [4.78, 5) is 20.3. The summed E-state index contributed by atoms with van der Waals surface area (Å²) in [7, 11) is 1.49. The fourth-order valence-corrected chi connectivity index (χ4v) is 4.69. The Kier molecular flexibility index (Phi) is 6.97. The largest absolute Gasteiger partial charge is 0.503 e.